The molecule has 0 heterocycles. The molecule has 1 N–H and O–H groups in total. The van der Waals surface area contributed by atoms with Crippen LogP contribution >= 0.6 is 11.6 Å². The molecule has 148 valence electrons. The van der Waals surface area contributed by atoms with Gasteiger partial charge in [0, 0.05) is 0 Å². The predicted molar refractivity (Wildman–Crippen MR) is 106 cm³/mol. The lowest BCUT2D eigenvalue weighted by atomic mass is 10.1. The number of hydrazone groups is 1. The number of nitrogens with one attached hydrogen (secondary N) is 1. The lowest BCUT2D eigenvalue weighted by molar-refractivity contribution is -0.142. The number of halogens is 1. The van der Waals surface area contributed by atoms with Gasteiger partial charge in [0.05, 0.1) is 30.5 Å². The van der Waals surface area contributed by atoms with Gasteiger partial charge < -0.3 is 14.2 Å². The number of hydrogen-bond acceptors (Lipinski definition) is 6. The first kappa shape index (κ1) is 21.2. The third kappa shape index (κ3) is 5.99. The van der Waals surface area contributed by atoms with Crippen molar-refractivity contribution in [1.82, 2.24) is 5.43 Å². The highest BCUT2D eigenvalue weighted by molar-refractivity contribution is 6.33. The fourth-order valence-electron chi connectivity index (χ4n) is 2.22. The summed E-state index contributed by atoms with van der Waals surface area (Å²) in [7, 11) is 1.28. The highest BCUT2D eigenvalue weighted by Gasteiger charge is 2.10. The van der Waals surface area contributed by atoms with Crippen LogP contribution in [-0.4, -0.2) is 38.4 Å². The van der Waals surface area contributed by atoms with E-state index in [-0.39, 0.29) is 6.61 Å². The molecule has 0 aliphatic carbocycles. The van der Waals surface area contributed by atoms with Gasteiger partial charge in [0.1, 0.15) is 0 Å². The van der Waals surface area contributed by atoms with Crippen LogP contribution in [0.25, 0.3) is 0 Å². The van der Waals surface area contributed by atoms with E-state index in [9.17, 15) is 9.59 Å². The van der Waals surface area contributed by atoms with E-state index >= 15 is 0 Å². The summed E-state index contributed by atoms with van der Waals surface area (Å²) in [4.78, 5) is 23.4. The summed E-state index contributed by atoms with van der Waals surface area (Å²) < 4.78 is 15.5. The number of hydrogen-bond donors (Lipinski definition) is 1. The normalized spacial score (nSPS) is 10.6. The summed E-state index contributed by atoms with van der Waals surface area (Å²) in [5.74, 6) is -0.0574. The van der Waals surface area contributed by atoms with E-state index in [1.54, 1.807) is 36.4 Å². The third-order valence-electron chi connectivity index (χ3n) is 3.59. The van der Waals surface area contributed by atoms with E-state index < -0.39 is 11.9 Å². The highest BCUT2D eigenvalue weighted by atomic mass is 35.5. The van der Waals surface area contributed by atoms with Crippen LogP contribution in [0.2, 0.25) is 5.02 Å². The average molecular weight is 405 g/mol. The maximum Gasteiger partial charge on any atom is 0.343 e. The number of methoxy groups -OCH3 is 1. The molecule has 8 heteroatoms. The average Bonchev–Trinajstić information content (AvgIpc) is 2.67. The summed E-state index contributed by atoms with van der Waals surface area (Å²) in [5, 5.41) is 4.31. The molecule has 2 rings (SSSR count). The lowest BCUT2D eigenvalue weighted by Crippen LogP contribution is -2.18. The van der Waals surface area contributed by atoms with Crippen LogP contribution in [-0.2, 0) is 9.53 Å². The van der Waals surface area contributed by atoms with E-state index in [1.165, 1.54) is 13.3 Å². The number of esters is 1. The van der Waals surface area contributed by atoms with E-state index in [0.717, 1.165) is 5.56 Å². The molecule has 7 nitrogen and oxygen atoms in total. The van der Waals surface area contributed by atoms with Gasteiger partial charge in [-0.2, -0.15) is 5.10 Å². The first-order valence-electron chi connectivity index (χ1n) is 8.50. The number of aryl methyl sites for hydroxylation is 1. The van der Waals surface area contributed by atoms with Gasteiger partial charge in [0.15, 0.2) is 18.1 Å². The zero-order valence-corrected chi connectivity index (χ0v) is 16.6. The van der Waals surface area contributed by atoms with Gasteiger partial charge in [0.25, 0.3) is 5.91 Å². The third-order valence-corrected chi connectivity index (χ3v) is 3.90. The topological polar surface area (TPSA) is 86.2 Å². The van der Waals surface area contributed by atoms with Crippen molar-refractivity contribution in [3.8, 4) is 11.5 Å². The van der Waals surface area contributed by atoms with Gasteiger partial charge in [0.2, 0.25) is 0 Å². The largest absolute Gasteiger partial charge is 0.490 e. The number of amides is 1. The van der Waals surface area contributed by atoms with Crippen molar-refractivity contribution in [1.29, 1.82) is 0 Å². The number of ether oxygens (including phenoxy) is 3. The fraction of sp³-hybridized carbons (Fsp3) is 0.250. The molecule has 0 atom stereocenters. The van der Waals surface area contributed by atoms with Gasteiger partial charge in [-0.1, -0.05) is 17.7 Å². The Hall–Kier alpha value is -3.06. The van der Waals surface area contributed by atoms with Crippen LogP contribution in [0.3, 0.4) is 0 Å². The maximum absolute atomic E-state index is 12.2. The predicted octanol–water partition coefficient (Wildman–Crippen LogP) is 3.36. The first-order chi connectivity index (χ1) is 13.4. The number of carbonyl (C=O) groups excluding carboxylic acids is 2. The van der Waals surface area contributed by atoms with Gasteiger partial charge in [-0.05, 0) is 55.3 Å². The lowest BCUT2D eigenvalue weighted by Gasteiger charge is -2.11. The summed E-state index contributed by atoms with van der Waals surface area (Å²) in [6.45, 7) is 3.91. The van der Waals surface area contributed by atoms with Crippen molar-refractivity contribution in [2.24, 2.45) is 5.10 Å². The van der Waals surface area contributed by atoms with Crippen molar-refractivity contribution < 1.29 is 23.8 Å². The van der Waals surface area contributed by atoms with E-state index in [2.05, 4.69) is 15.3 Å². The minimum absolute atomic E-state index is 0.225. The molecule has 0 fully saturated rings. The number of nitrogens with zero attached hydrogens (tertiary/aromatic N) is 1. The molecule has 0 aliphatic heterocycles. The zero-order chi connectivity index (χ0) is 20.5. The molecule has 28 heavy (non-hydrogen) atoms. The minimum atomic E-state index is -0.495. The van der Waals surface area contributed by atoms with Crippen molar-refractivity contribution in [2.75, 3.05) is 20.3 Å². The quantitative estimate of drug-likeness (QED) is 0.414. The molecule has 0 radical (unpaired) electrons. The zero-order valence-electron chi connectivity index (χ0n) is 15.8. The second kappa shape index (κ2) is 10.3. The molecule has 0 spiro atoms. The molecule has 2 aromatic carbocycles. The van der Waals surface area contributed by atoms with E-state index in [0.29, 0.717) is 34.3 Å². The molecule has 0 aromatic heterocycles. The summed E-state index contributed by atoms with van der Waals surface area (Å²) in [5.41, 5.74) is 4.40. The molecular weight excluding hydrogens is 384 g/mol. The number of rotatable bonds is 8. The van der Waals surface area contributed by atoms with Crippen LogP contribution in [0, 0.1) is 6.92 Å². The van der Waals surface area contributed by atoms with Gasteiger partial charge in [-0.15, -0.1) is 0 Å². The smallest absolute Gasteiger partial charge is 0.343 e. The van der Waals surface area contributed by atoms with Crippen LogP contribution in [0.1, 0.15) is 28.4 Å². The molecule has 0 bridgehead atoms. The second-order valence-electron chi connectivity index (χ2n) is 5.69. The SMILES string of the molecule is CCOc1cc(/C=N\NC(=O)c2ccc(C)cc2Cl)ccc1OCC(=O)OC. The maximum atomic E-state index is 12.2. The second-order valence-corrected chi connectivity index (χ2v) is 6.09. The summed E-state index contributed by atoms with van der Waals surface area (Å²) in [6.07, 6.45) is 1.46. The molecule has 0 aliphatic rings. The summed E-state index contributed by atoms with van der Waals surface area (Å²) in [6, 6.07) is 10.2. The van der Waals surface area contributed by atoms with Crippen LogP contribution < -0.4 is 14.9 Å². The number of carbonyl (C=O) groups is 2. The molecule has 0 saturated heterocycles. The first-order valence-corrected chi connectivity index (χ1v) is 8.88. The Labute approximate surface area is 168 Å². The molecule has 1 amide bonds. The monoisotopic (exact) mass is 404 g/mol. The van der Waals surface area contributed by atoms with Gasteiger partial charge in [-0.3, -0.25) is 4.79 Å². The van der Waals surface area contributed by atoms with Crippen LogP contribution in [0.5, 0.6) is 11.5 Å². The Morgan fingerprint density at radius 2 is 1.93 bits per heavy atom. The molecular formula is C20H21ClN2O5. The minimum Gasteiger partial charge on any atom is -0.490 e. The van der Waals surface area contributed by atoms with Gasteiger partial charge >= 0.3 is 5.97 Å². The van der Waals surface area contributed by atoms with Gasteiger partial charge in [-0.25, -0.2) is 10.2 Å². The van der Waals surface area contributed by atoms with E-state index in [4.69, 9.17) is 21.1 Å². The van der Waals surface area contributed by atoms with Crippen molar-refractivity contribution in [2.45, 2.75) is 13.8 Å². The Morgan fingerprint density at radius 3 is 2.61 bits per heavy atom. The molecule has 0 saturated carbocycles. The summed E-state index contributed by atoms with van der Waals surface area (Å²) >= 11 is 6.08. The Kier molecular flexibility index (Phi) is 7.83. The van der Waals surface area contributed by atoms with Crippen molar-refractivity contribution in [3.05, 3.63) is 58.1 Å². The molecule has 2 aromatic rings. The Morgan fingerprint density at radius 1 is 1.14 bits per heavy atom. The van der Waals surface area contributed by atoms with E-state index in [1.807, 2.05) is 13.8 Å². The Bertz CT molecular complexity index is 883. The number of benzene rings is 2. The fourth-order valence-corrected chi connectivity index (χ4v) is 2.54. The van der Waals surface area contributed by atoms with Crippen LogP contribution in [0.15, 0.2) is 41.5 Å². The standard InChI is InChI=1S/C20H21ClN2O5/c1-4-27-18-10-14(6-8-17(18)28-12-19(24)26-3)11-22-23-20(25)15-7-5-13(2)9-16(15)21/h5-11H,4,12H2,1-3H3,(H,23,25)/b22-11-. The van der Waals surface area contributed by atoms with Crippen molar-refractivity contribution in [3.63, 3.8) is 0 Å². The highest BCUT2D eigenvalue weighted by Crippen LogP contribution is 2.28. The Balaban J connectivity index is 2.07. The molecule has 0 unspecified atom stereocenters. The van der Waals surface area contributed by atoms with Crippen molar-refractivity contribution >= 4 is 29.7 Å². The van der Waals surface area contributed by atoms with Crippen LogP contribution in [0.4, 0.5) is 0 Å².